The summed E-state index contributed by atoms with van der Waals surface area (Å²) in [5, 5.41) is 15.7. The van der Waals surface area contributed by atoms with Gasteiger partial charge in [0.25, 0.3) is 11.8 Å². The number of alkyl halides is 3. The van der Waals surface area contributed by atoms with Crippen molar-refractivity contribution in [2.24, 2.45) is 0 Å². The molecule has 9 nitrogen and oxygen atoms in total. The summed E-state index contributed by atoms with van der Waals surface area (Å²) in [6.45, 7) is 1.80. The van der Waals surface area contributed by atoms with Crippen molar-refractivity contribution in [1.29, 1.82) is 0 Å². The van der Waals surface area contributed by atoms with Crippen LogP contribution in [0, 0.1) is 10.1 Å². The van der Waals surface area contributed by atoms with Crippen LogP contribution in [0.25, 0.3) is 6.08 Å². The first-order chi connectivity index (χ1) is 15.5. The van der Waals surface area contributed by atoms with Gasteiger partial charge < -0.3 is 9.47 Å². The van der Waals surface area contributed by atoms with E-state index in [4.69, 9.17) is 21.7 Å². The van der Waals surface area contributed by atoms with Gasteiger partial charge >= 0.3 is 11.9 Å². The minimum atomic E-state index is -4.77. The molecule has 33 heavy (non-hydrogen) atoms. The topological polar surface area (TPSA) is 120 Å². The molecule has 1 fully saturated rings. The fraction of sp³-hybridized carbons (Fsp3) is 0.150. The number of carbonyl (C=O) groups excluding carboxylic acids is 2. The molecule has 0 aliphatic carbocycles. The quantitative estimate of drug-likeness (QED) is 0.212. The summed E-state index contributed by atoms with van der Waals surface area (Å²) in [7, 11) is 0. The molecule has 2 aromatic carbocycles. The number of nitrogens with one attached hydrogen (secondary N) is 2. The number of nitro groups is 1. The van der Waals surface area contributed by atoms with Gasteiger partial charge in [0.2, 0.25) is 5.75 Å². The van der Waals surface area contributed by atoms with Gasteiger partial charge in [-0.1, -0.05) is 6.07 Å². The molecular formula is C20H14F3N3O6S. The number of benzene rings is 2. The molecule has 1 heterocycles. The number of hydrogen-bond donors (Lipinski definition) is 2. The first-order valence-corrected chi connectivity index (χ1v) is 9.59. The lowest BCUT2D eigenvalue weighted by Crippen LogP contribution is -2.51. The van der Waals surface area contributed by atoms with Crippen molar-refractivity contribution >= 4 is 40.9 Å². The van der Waals surface area contributed by atoms with Gasteiger partial charge in [-0.25, -0.2) is 0 Å². The summed E-state index contributed by atoms with van der Waals surface area (Å²) in [6.07, 6.45) is -3.50. The molecule has 172 valence electrons. The molecule has 0 bridgehead atoms. The van der Waals surface area contributed by atoms with Crippen molar-refractivity contribution < 1.29 is 37.2 Å². The first-order valence-electron chi connectivity index (χ1n) is 9.18. The van der Waals surface area contributed by atoms with Crippen LogP contribution in [0.3, 0.4) is 0 Å². The Morgan fingerprint density at radius 3 is 2.27 bits per heavy atom. The normalized spacial score (nSPS) is 13.8. The maximum absolute atomic E-state index is 12.9. The van der Waals surface area contributed by atoms with Crippen LogP contribution in [0.15, 0.2) is 42.0 Å². The molecule has 0 aromatic heterocycles. The van der Waals surface area contributed by atoms with E-state index < -0.39 is 39.9 Å². The molecule has 0 saturated carbocycles. The summed E-state index contributed by atoms with van der Waals surface area (Å²) in [6, 6.07) is 6.03. The molecule has 2 N–H and O–H groups in total. The smallest absolute Gasteiger partial charge is 0.416 e. The highest BCUT2D eigenvalue weighted by atomic mass is 32.1. The Labute approximate surface area is 189 Å². The molecule has 1 aliphatic heterocycles. The summed E-state index contributed by atoms with van der Waals surface area (Å²) in [5.41, 5.74) is -1.96. The van der Waals surface area contributed by atoms with Gasteiger partial charge in [0.15, 0.2) is 16.6 Å². The zero-order valence-electron chi connectivity index (χ0n) is 16.7. The zero-order chi connectivity index (χ0) is 24.3. The molecule has 0 unspecified atom stereocenters. The highest BCUT2D eigenvalue weighted by Crippen LogP contribution is 2.40. The van der Waals surface area contributed by atoms with E-state index in [1.165, 1.54) is 24.3 Å². The molecule has 0 spiro atoms. The van der Waals surface area contributed by atoms with Gasteiger partial charge in [-0.3, -0.25) is 30.3 Å². The molecular weight excluding hydrogens is 467 g/mol. The van der Waals surface area contributed by atoms with Crippen molar-refractivity contribution in [3.63, 3.8) is 0 Å². The standard InChI is InChI=1S/C20H14F3N3O6S/c1-2-31-16-8-10(7-12-17(27)24-19(33)25-18(12)28)3-5-15(16)32-14-6-4-11(20(21,22)23)9-13(14)26(29)30/h3-9H,2H2,1H3,(H2,24,25,27,28,33). The summed E-state index contributed by atoms with van der Waals surface area (Å²) >= 11 is 4.73. The average Bonchev–Trinajstić information content (AvgIpc) is 2.72. The van der Waals surface area contributed by atoms with Crippen molar-refractivity contribution in [3.05, 3.63) is 63.2 Å². The number of amides is 2. The van der Waals surface area contributed by atoms with Crippen LogP contribution in [0.1, 0.15) is 18.1 Å². The number of ether oxygens (including phenoxy) is 2. The molecule has 13 heteroatoms. The van der Waals surface area contributed by atoms with E-state index in [1.807, 2.05) is 0 Å². The van der Waals surface area contributed by atoms with Crippen LogP contribution in [0.2, 0.25) is 0 Å². The molecule has 0 radical (unpaired) electrons. The largest absolute Gasteiger partial charge is 0.490 e. The first kappa shape index (κ1) is 23.7. The van der Waals surface area contributed by atoms with Crippen molar-refractivity contribution in [2.75, 3.05) is 6.61 Å². The van der Waals surface area contributed by atoms with Gasteiger partial charge in [-0.05, 0) is 55.0 Å². The predicted molar refractivity (Wildman–Crippen MR) is 113 cm³/mol. The highest BCUT2D eigenvalue weighted by molar-refractivity contribution is 7.80. The van der Waals surface area contributed by atoms with Gasteiger partial charge in [0.05, 0.1) is 17.1 Å². The lowest BCUT2D eigenvalue weighted by Gasteiger charge is -2.17. The Hall–Kier alpha value is -4.00. The van der Waals surface area contributed by atoms with Gasteiger partial charge in [0, 0.05) is 6.07 Å². The van der Waals surface area contributed by atoms with Crippen molar-refractivity contribution in [2.45, 2.75) is 13.1 Å². The third-order valence-electron chi connectivity index (χ3n) is 4.22. The average molecular weight is 481 g/mol. The third kappa shape index (κ3) is 5.44. The number of hydrogen-bond acceptors (Lipinski definition) is 7. The fourth-order valence-electron chi connectivity index (χ4n) is 2.78. The van der Waals surface area contributed by atoms with Crippen LogP contribution < -0.4 is 20.1 Å². The van der Waals surface area contributed by atoms with E-state index in [0.29, 0.717) is 17.7 Å². The Morgan fingerprint density at radius 2 is 1.70 bits per heavy atom. The second kappa shape index (κ2) is 9.24. The van der Waals surface area contributed by atoms with Gasteiger partial charge in [-0.15, -0.1) is 0 Å². The number of nitrogens with zero attached hydrogens (tertiary/aromatic N) is 1. The number of rotatable bonds is 6. The van der Waals surface area contributed by atoms with E-state index in [-0.39, 0.29) is 28.8 Å². The molecule has 1 saturated heterocycles. The fourth-order valence-corrected chi connectivity index (χ4v) is 2.97. The lowest BCUT2D eigenvalue weighted by molar-refractivity contribution is -0.385. The highest BCUT2D eigenvalue weighted by Gasteiger charge is 2.33. The molecule has 2 amide bonds. The van der Waals surface area contributed by atoms with E-state index >= 15 is 0 Å². The Balaban J connectivity index is 1.98. The third-order valence-corrected chi connectivity index (χ3v) is 4.43. The number of halogens is 3. The van der Waals surface area contributed by atoms with Crippen LogP contribution in [-0.4, -0.2) is 28.5 Å². The second-order valence-corrected chi connectivity index (χ2v) is 6.88. The molecule has 2 aromatic rings. The summed E-state index contributed by atoms with van der Waals surface area (Å²) in [5.74, 6) is -1.79. The second-order valence-electron chi connectivity index (χ2n) is 6.47. The Morgan fingerprint density at radius 1 is 1.06 bits per heavy atom. The zero-order valence-corrected chi connectivity index (χ0v) is 17.5. The van der Waals surface area contributed by atoms with Gasteiger partial charge in [-0.2, -0.15) is 13.2 Å². The van der Waals surface area contributed by atoms with Crippen LogP contribution >= 0.6 is 12.2 Å². The Bertz CT molecular complexity index is 1170. The molecule has 0 atom stereocenters. The monoisotopic (exact) mass is 481 g/mol. The van der Waals surface area contributed by atoms with Crippen LogP contribution in [0.5, 0.6) is 17.2 Å². The molecule has 1 aliphatic rings. The van der Waals surface area contributed by atoms with E-state index in [2.05, 4.69) is 10.6 Å². The van der Waals surface area contributed by atoms with E-state index in [1.54, 1.807) is 6.92 Å². The van der Waals surface area contributed by atoms with E-state index in [0.717, 1.165) is 6.07 Å². The predicted octanol–water partition coefficient (Wildman–Crippen LogP) is 3.72. The summed E-state index contributed by atoms with van der Waals surface area (Å²) in [4.78, 5) is 34.3. The van der Waals surface area contributed by atoms with Crippen LogP contribution in [0.4, 0.5) is 18.9 Å². The number of nitro benzene ring substituents is 1. The SMILES string of the molecule is CCOc1cc(C=C2C(=O)NC(=S)NC2=O)ccc1Oc1ccc(C(F)(F)F)cc1[N+](=O)[O-]. The van der Waals surface area contributed by atoms with Crippen LogP contribution in [-0.2, 0) is 15.8 Å². The summed E-state index contributed by atoms with van der Waals surface area (Å²) < 4.78 is 49.7. The van der Waals surface area contributed by atoms with Gasteiger partial charge in [0.1, 0.15) is 5.57 Å². The number of thiocarbonyl (C=S) groups is 1. The maximum Gasteiger partial charge on any atom is 0.416 e. The van der Waals surface area contributed by atoms with Crippen molar-refractivity contribution in [3.8, 4) is 17.2 Å². The minimum Gasteiger partial charge on any atom is -0.490 e. The molecule has 3 rings (SSSR count). The maximum atomic E-state index is 12.9. The number of carbonyl (C=O) groups is 2. The Kier molecular flexibility index (Phi) is 6.62. The van der Waals surface area contributed by atoms with E-state index in [9.17, 15) is 32.9 Å². The van der Waals surface area contributed by atoms with Crippen molar-refractivity contribution in [1.82, 2.24) is 10.6 Å². The minimum absolute atomic E-state index is 0.0272. The lowest BCUT2D eigenvalue weighted by atomic mass is 10.1.